The summed E-state index contributed by atoms with van der Waals surface area (Å²) >= 11 is 0. The first-order valence-electron chi connectivity index (χ1n) is 7.26. The Hall–Kier alpha value is -0.960. The molecule has 0 atom stereocenters. The average Bonchev–Trinajstić information content (AvgIpc) is 3.24. The maximum Gasteiger partial charge on any atom is 0.162 e. The molecule has 1 fully saturated rings. The van der Waals surface area contributed by atoms with Crippen molar-refractivity contribution >= 4 is 0 Å². The van der Waals surface area contributed by atoms with Crippen LogP contribution in [0.3, 0.4) is 0 Å². The molecular weight excluding hydrogens is 244 g/mol. The van der Waals surface area contributed by atoms with Gasteiger partial charge in [0.25, 0.3) is 0 Å². The maximum absolute atomic E-state index is 13.8. The van der Waals surface area contributed by atoms with Gasteiger partial charge < -0.3 is 5.32 Å². The minimum atomic E-state index is -0.742. The van der Waals surface area contributed by atoms with Crippen LogP contribution in [0.5, 0.6) is 0 Å². The zero-order valence-electron chi connectivity index (χ0n) is 11.8. The van der Waals surface area contributed by atoms with Crippen LogP contribution in [0.15, 0.2) is 18.2 Å². The van der Waals surface area contributed by atoms with Crippen molar-refractivity contribution < 1.29 is 8.78 Å². The summed E-state index contributed by atoms with van der Waals surface area (Å²) in [5.74, 6) is -1.42. The first-order valence-corrected chi connectivity index (χ1v) is 7.26. The Morgan fingerprint density at radius 1 is 1.21 bits per heavy atom. The van der Waals surface area contributed by atoms with Crippen LogP contribution in [0.1, 0.15) is 45.1 Å². The minimum absolute atomic E-state index is 0.0250. The predicted octanol–water partition coefficient (Wildman–Crippen LogP) is 4.07. The van der Waals surface area contributed by atoms with Gasteiger partial charge in [-0.2, -0.15) is 0 Å². The van der Waals surface area contributed by atoms with Gasteiger partial charge in [0.1, 0.15) is 0 Å². The van der Waals surface area contributed by atoms with E-state index in [0.29, 0.717) is 18.0 Å². The molecule has 1 aromatic rings. The molecule has 0 radical (unpaired) electrons. The molecule has 2 rings (SSSR count). The summed E-state index contributed by atoms with van der Waals surface area (Å²) in [5.41, 5.74) is 0.526. The third-order valence-electron chi connectivity index (χ3n) is 4.44. The van der Waals surface area contributed by atoms with Gasteiger partial charge in [0.15, 0.2) is 11.6 Å². The van der Waals surface area contributed by atoms with Crippen LogP contribution in [0.2, 0.25) is 0 Å². The van der Waals surface area contributed by atoms with E-state index >= 15 is 0 Å². The second-order valence-electron chi connectivity index (χ2n) is 5.75. The minimum Gasteiger partial charge on any atom is -0.313 e. The van der Waals surface area contributed by atoms with E-state index in [1.54, 1.807) is 12.1 Å². The first-order chi connectivity index (χ1) is 9.10. The van der Waals surface area contributed by atoms with Gasteiger partial charge in [0, 0.05) is 12.6 Å². The summed E-state index contributed by atoms with van der Waals surface area (Å²) in [6, 6.07) is 5.13. The number of hydrogen-bond acceptors (Lipinski definition) is 1. The molecular formula is C16H23F2N. The molecule has 1 saturated carbocycles. The van der Waals surface area contributed by atoms with E-state index in [9.17, 15) is 8.78 Å². The Balaban J connectivity index is 2.11. The fraction of sp³-hybridized carbons (Fsp3) is 0.625. The smallest absolute Gasteiger partial charge is 0.162 e. The molecule has 3 heteroatoms. The third-order valence-corrected chi connectivity index (χ3v) is 4.44. The van der Waals surface area contributed by atoms with Crippen LogP contribution in [-0.4, -0.2) is 12.6 Å². The lowest BCUT2D eigenvalue weighted by molar-refractivity contribution is 0.242. The van der Waals surface area contributed by atoms with Crippen LogP contribution in [0.4, 0.5) is 8.78 Å². The van der Waals surface area contributed by atoms with E-state index in [-0.39, 0.29) is 5.41 Å². The number of hydrogen-bond donors (Lipinski definition) is 1. The Morgan fingerprint density at radius 2 is 1.89 bits per heavy atom. The predicted molar refractivity (Wildman–Crippen MR) is 74.1 cm³/mol. The maximum atomic E-state index is 13.8. The summed E-state index contributed by atoms with van der Waals surface area (Å²) in [5, 5.41) is 3.54. The highest BCUT2D eigenvalue weighted by Gasteiger charge is 2.31. The lowest BCUT2D eigenvalue weighted by Crippen LogP contribution is -2.36. The van der Waals surface area contributed by atoms with Crippen molar-refractivity contribution in [3.8, 4) is 0 Å². The zero-order valence-corrected chi connectivity index (χ0v) is 11.8. The van der Waals surface area contributed by atoms with Gasteiger partial charge in [0.2, 0.25) is 0 Å². The molecule has 1 aliphatic carbocycles. The monoisotopic (exact) mass is 267 g/mol. The molecule has 0 bridgehead atoms. The molecule has 0 unspecified atom stereocenters. The summed E-state index contributed by atoms with van der Waals surface area (Å²) in [4.78, 5) is 0. The lowest BCUT2D eigenvalue weighted by atomic mass is 9.76. The van der Waals surface area contributed by atoms with E-state index in [4.69, 9.17) is 0 Å². The van der Waals surface area contributed by atoms with Crippen molar-refractivity contribution in [2.45, 2.75) is 52.0 Å². The zero-order chi connectivity index (χ0) is 13.9. The SMILES string of the molecule is CCC(CC)(CNC1CC1)Cc1cccc(F)c1F. The van der Waals surface area contributed by atoms with Gasteiger partial charge in [0.05, 0.1) is 0 Å². The molecule has 19 heavy (non-hydrogen) atoms. The molecule has 0 aliphatic heterocycles. The van der Waals surface area contributed by atoms with Crippen molar-refractivity contribution in [1.29, 1.82) is 0 Å². The van der Waals surface area contributed by atoms with Crippen LogP contribution < -0.4 is 5.32 Å². The van der Waals surface area contributed by atoms with Gasteiger partial charge in [-0.25, -0.2) is 8.78 Å². The van der Waals surface area contributed by atoms with Crippen LogP contribution in [-0.2, 0) is 6.42 Å². The molecule has 1 aromatic carbocycles. The Kier molecular flexibility index (Phi) is 4.56. The molecule has 0 spiro atoms. The Labute approximate surface area is 114 Å². The van der Waals surface area contributed by atoms with Crippen molar-refractivity contribution in [1.82, 2.24) is 5.32 Å². The van der Waals surface area contributed by atoms with Gasteiger partial charge in [-0.1, -0.05) is 26.0 Å². The Morgan fingerprint density at radius 3 is 2.47 bits per heavy atom. The van der Waals surface area contributed by atoms with E-state index in [1.807, 2.05) is 0 Å². The van der Waals surface area contributed by atoms with E-state index in [2.05, 4.69) is 19.2 Å². The molecule has 106 valence electrons. The normalized spacial score (nSPS) is 15.8. The van der Waals surface area contributed by atoms with Gasteiger partial charge in [-0.15, -0.1) is 0 Å². The van der Waals surface area contributed by atoms with Crippen molar-refractivity contribution in [3.63, 3.8) is 0 Å². The largest absolute Gasteiger partial charge is 0.313 e. The highest BCUT2D eigenvalue weighted by atomic mass is 19.2. The summed E-state index contributed by atoms with van der Waals surface area (Å²) in [6.07, 6.45) is 5.04. The van der Waals surface area contributed by atoms with Crippen molar-refractivity contribution in [2.24, 2.45) is 5.41 Å². The van der Waals surface area contributed by atoms with E-state index in [0.717, 1.165) is 19.4 Å². The average molecular weight is 267 g/mol. The molecule has 0 amide bonds. The molecule has 0 saturated heterocycles. The standard InChI is InChI=1S/C16H23F2N/c1-3-16(4-2,11-19-13-8-9-13)10-12-6-5-7-14(17)15(12)18/h5-7,13,19H,3-4,8-11H2,1-2H3. The van der Waals surface area contributed by atoms with Gasteiger partial charge >= 0.3 is 0 Å². The summed E-state index contributed by atoms with van der Waals surface area (Å²) < 4.78 is 27.1. The lowest BCUT2D eigenvalue weighted by Gasteiger charge is -2.32. The Bertz CT molecular complexity index is 423. The summed E-state index contributed by atoms with van der Waals surface area (Å²) in [7, 11) is 0. The fourth-order valence-electron chi connectivity index (χ4n) is 2.55. The molecule has 1 N–H and O–H groups in total. The van der Waals surface area contributed by atoms with Crippen LogP contribution >= 0.6 is 0 Å². The molecule has 1 aliphatic rings. The fourth-order valence-corrected chi connectivity index (χ4v) is 2.55. The number of benzene rings is 1. The molecule has 1 nitrogen and oxygen atoms in total. The highest BCUT2D eigenvalue weighted by Crippen LogP contribution is 2.33. The van der Waals surface area contributed by atoms with Crippen molar-refractivity contribution in [3.05, 3.63) is 35.4 Å². The van der Waals surface area contributed by atoms with Gasteiger partial charge in [-0.3, -0.25) is 0 Å². The number of halogens is 2. The number of nitrogens with one attached hydrogen (secondary N) is 1. The highest BCUT2D eigenvalue weighted by molar-refractivity contribution is 5.20. The second kappa shape index (κ2) is 6.00. The van der Waals surface area contributed by atoms with Crippen LogP contribution in [0, 0.1) is 17.0 Å². The molecule has 0 heterocycles. The quantitative estimate of drug-likeness (QED) is 0.785. The second-order valence-corrected chi connectivity index (χ2v) is 5.75. The number of rotatable bonds is 7. The summed E-state index contributed by atoms with van der Waals surface area (Å²) in [6.45, 7) is 5.16. The topological polar surface area (TPSA) is 12.0 Å². The van der Waals surface area contributed by atoms with E-state index in [1.165, 1.54) is 18.9 Å². The first kappa shape index (κ1) is 14.4. The van der Waals surface area contributed by atoms with Crippen molar-refractivity contribution in [2.75, 3.05) is 6.54 Å². The van der Waals surface area contributed by atoms with Gasteiger partial charge in [-0.05, 0) is 49.1 Å². The third kappa shape index (κ3) is 3.53. The van der Waals surface area contributed by atoms with E-state index < -0.39 is 11.6 Å². The van der Waals surface area contributed by atoms with Crippen LogP contribution in [0.25, 0.3) is 0 Å². The molecule has 0 aromatic heterocycles.